The van der Waals surface area contributed by atoms with Crippen LogP contribution in [0.3, 0.4) is 0 Å². The second kappa shape index (κ2) is 8.90. The van der Waals surface area contributed by atoms with Crippen molar-refractivity contribution in [2.45, 2.75) is 17.4 Å². The number of hydrazone groups is 1. The van der Waals surface area contributed by atoms with E-state index in [1.165, 1.54) is 0 Å². The van der Waals surface area contributed by atoms with Crippen LogP contribution in [0.4, 0.5) is 10.1 Å². The number of halogens is 3. The molecule has 6 nitrogen and oxygen atoms in total. The van der Waals surface area contributed by atoms with Crippen LogP contribution in [0.5, 0.6) is 0 Å². The lowest BCUT2D eigenvalue weighted by molar-refractivity contribution is 0.596. The van der Waals surface area contributed by atoms with Gasteiger partial charge in [0, 0.05) is 11.4 Å². The van der Waals surface area contributed by atoms with E-state index in [0.29, 0.717) is 22.2 Å². The highest BCUT2D eigenvalue weighted by atomic mass is 35.5. The summed E-state index contributed by atoms with van der Waals surface area (Å²) in [5.74, 6) is -0.801. The fraction of sp³-hybridized carbons (Fsp3) is 0.0909. The van der Waals surface area contributed by atoms with Gasteiger partial charge in [-0.15, -0.1) is 4.40 Å². The Balaban J connectivity index is 1.73. The van der Waals surface area contributed by atoms with Gasteiger partial charge in [-0.25, -0.2) is 4.39 Å². The molecule has 0 radical (unpaired) electrons. The molecule has 0 saturated heterocycles. The highest BCUT2D eigenvalue weighted by Gasteiger charge is 2.32. The molecule has 0 saturated carbocycles. The first-order valence-electron chi connectivity index (χ1n) is 9.48. The van der Waals surface area contributed by atoms with Crippen LogP contribution in [0.15, 0.2) is 87.2 Å². The van der Waals surface area contributed by atoms with Gasteiger partial charge < -0.3 is 5.73 Å². The molecular formula is C22H17Cl2FN4O2S. The Bertz CT molecular complexity index is 1310. The number of nitrogens with two attached hydrogens (primary N) is 1. The average molecular weight is 491 g/mol. The van der Waals surface area contributed by atoms with Gasteiger partial charge in [-0.2, -0.15) is 13.5 Å². The van der Waals surface area contributed by atoms with E-state index in [0.717, 1.165) is 29.8 Å². The third-order valence-corrected chi connectivity index (χ3v) is 6.72. The van der Waals surface area contributed by atoms with E-state index in [1.807, 2.05) is 30.3 Å². The van der Waals surface area contributed by atoms with Crippen LogP contribution >= 0.6 is 23.2 Å². The van der Waals surface area contributed by atoms with Gasteiger partial charge in [0.25, 0.3) is 10.0 Å². The molecule has 2 N–H and O–H groups in total. The van der Waals surface area contributed by atoms with Crippen LogP contribution in [0, 0.1) is 5.82 Å². The summed E-state index contributed by atoms with van der Waals surface area (Å²) < 4.78 is 42.1. The Hall–Kier alpha value is -2.94. The van der Waals surface area contributed by atoms with Crippen LogP contribution in [0.1, 0.15) is 18.0 Å². The Morgan fingerprint density at radius 3 is 2.41 bits per heavy atom. The largest absolute Gasteiger partial charge is 0.381 e. The minimum atomic E-state index is -4.14. The molecule has 4 rings (SSSR count). The highest BCUT2D eigenvalue weighted by Crippen LogP contribution is 2.39. The molecule has 1 heterocycles. The van der Waals surface area contributed by atoms with Gasteiger partial charge in [-0.05, 0) is 48.0 Å². The topological polar surface area (TPSA) is 88.1 Å². The van der Waals surface area contributed by atoms with Crippen LogP contribution in [0.2, 0.25) is 10.0 Å². The molecule has 0 bridgehead atoms. The molecule has 3 aromatic rings. The summed E-state index contributed by atoms with van der Waals surface area (Å²) in [6, 6.07) is 18.6. The second-order valence-corrected chi connectivity index (χ2v) is 9.47. The van der Waals surface area contributed by atoms with Crippen molar-refractivity contribution in [3.8, 4) is 0 Å². The lowest BCUT2D eigenvalue weighted by Crippen LogP contribution is -2.24. The van der Waals surface area contributed by atoms with Crippen molar-refractivity contribution >= 4 is 50.5 Å². The van der Waals surface area contributed by atoms with Gasteiger partial charge in [0.05, 0.1) is 21.6 Å². The first kappa shape index (κ1) is 22.3. The molecule has 0 aromatic heterocycles. The van der Waals surface area contributed by atoms with Crippen molar-refractivity contribution in [2.24, 2.45) is 15.2 Å². The van der Waals surface area contributed by atoms with Crippen molar-refractivity contribution in [2.75, 3.05) is 5.01 Å². The van der Waals surface area contributed by atoms with E-state index in [-0.39, 0.29) is 22.5 Å². The van der Waals surface area contributed by atoms with Crippen molar-refractivity contribution < 1.29 is 12.8 Å². The third-order valence-electron chi connectivity index (χ3n) is 4.88. The number of hydrogen-bond acceptors (Lipinski definition) is 4. The minimum Gasteiger partial charge on any atom is -0.381 e. The van der Waals surface area contributed by atoms with Gasteiger partial charge in [-0.1, -0.05) is 53.5 Å². The number of hydrogen-bond donors (Lipinski definition) is 1. The standard InChI is InChI=1S/C22H17Cl2FN4O2S/c23-15-6-11-20(18(24)12-15)29-21(14-4-2-1-3-5-14)13-19(27-29)22(26)28-32(30,31)17-9-7-16(25)8-10-17/h1-12,21H,13H2,(H2,26,28). The molecule has 1 aliphatic heterocycles. The maximum atomic E-state index is 13.2. The number of benzene rings is 3. The Morgan fingerprint density at radius 2 is 1.75 bits per heavy atom. The molecule has 32 heavy (non-hydrogen) atoms. The fourth-order valence-electron chi connectivity index (χ4n) is 3.33. The zero-order valence-electron chi connectivity index (χ0n) is 16.5. The lowest BCUT2D eigenvalue weighted by Gasteiger charge is -2.24. The van der Waals surface area contributed by atoms with Crippen LogP contribution < -0.4 is 10.7 Å². The molecule has 1 aliphatic rings. The molecule has 0 fully saturated rings. The van der Waals surface area contributed by atoms with Crippen LogP contribution in [-0.4, -0.2) is 20.0 Å². The number of rotatable bonds is 5. The van der Waals surface area contributed by atoms with Crippen LogP contribution in [-0.2, 0) is 10.0 Å². The predicted octanol–water partition coefficient (Wildman–Crippen LogP) is 5.19. The highest BCUT2D eigenvalue weighted by molar-refractivity contribution is 7.90. The lowest BCUT2D eigenvalue weighted by atomic mass is 10.0. The summed E-state index contributed by atoms with van der Waals surface area (Å²) in [4.78, 5) is -0.169. The molecule has 164 valence electrons. The quantitative estimate of drug-likeness (QED) is 0.393. The molecule has 1 atom stereocenters. The monoisotopic (exact) mass is 490 g/mol. The first-order chi connectivity index (χ1) is 15.2. The van der Waals surface area contributed by atoms with Gasteiger partial charge >= 0.3 is 0 Å². The maximum Gasteiger partial charge on any atom is 0.284 e. The average Bonchev–Trinajstić information content (AvgIpc) is 3.20. The second-order valence-electron chi connectivity index (χ2n) is 7.02. The predicted molar refractivity (Wildman–Crippen MR) is 125 cm³/mol. The third kappa shape index (κ3) is 4.62. The maximum absolute atomic E-state index is 13.2. The molecule has 10 heteroatoms. The Kier molecular flexibility index (Phi) is 6.19. The van der Waals surface area contributed by atoms with E-state index in [4.69, 9.17) is 28.9 Å². The van der Waals surface area contributed by atoms with E-state index >= 15 is 0 Å². The van der Waals surface area contributed by atoms with Gasteiger partial charge in [0.15, 0.2) is 5.84 Å². The van der Waals surface area contributed by atoms with Crippen molar-refractivity contribution in [1.29, 1.82) is 0 Å². The summed E-state index contributed by atoms with van der Waals surface area (Å²) >= 11 is 12.4. The van der Waals surface area contributed by atoms with Gasteiger partial charge in [-0.3, -0.25) is 5.01 Å². The number of amidine groups is 1. The molecule has 0 spiro atoms. The van der Waals surface area contributed by atoms with Crippen molar-refractivity contribution in [3.63, 3.8) is 0 Å². The van der Waals surface area contributed by atoms with E-state index in [1.54, 1.807) is 23.2 Å². The normalized spacial score (nSPS) is 16.8. The zero-order valence-corrected chi connectivity index (χ0v) is 18.8. The summed E-state index contributed by atoms with van der Waals surface area (Å²) in [6.07, 6.45) is 0.303. The smallest absolute Gasteiger partial charge is 0.284 e. The Morgan fingerprint density at radius 1 is 1.06 bits per heavy atom. The fourth-order valence-corrected chi connectivity index (χ4v) is 4.78. The van der Waals surface area contributed by atoms with E-state index < -0.39 is 15.8 Å². The molecule has 3 aromatic carbocycles. The molecular weight excluding hydrogens is 474 g/mol. The molecule has 1 unspecified atom stereocenters. The summed E-state index contributed by atoms with van der Waals surface area (Å²) in [5.41, 5.74) is 7.88. The van der Waals surface area contributed by atoms with E-state index in [9.17, 15) is 12.8 Å². The van der Waals surface area contributed by atoms with E-state index in [2.05, 4.69) is 9.50 Å². The number of sulfonamides is 1. The van der Waals surface area contributed by atoms with Crippen LogP contribution in [0.25, 0.3) is 0 Å². The first-order valence-corrected chi connectivity index (χ1v) is 11.7. The van der Waals surface area contributed by atoms with Gasteiger partial charge in [0.2, 0.25) is 0 Å². The minimum absolute atomic E-state index is 0.169. The summed E-state index contributed by atoms with van der Waals surface area (Å²) in [7, 11) is -4.14. The Labute approximate surface area is 194 Å². The molecule has 0 amide bonds. The summed E-state index contributed by atoms with van der Waals surface area (Å²) in [5, 5.41) is 7.08. The van der Waals surface area contributed by atoms with Crippen molar-refractivity contribution in [1.82, 2.24) is 0 Å². The van der Waals surface area contributed by atoms with Gasteiger partial charge in [0.1, 0.15) is 11.5 Å². The van der Waals surface area contributed by atoms with Crippen molar-refractivity contribution in [3.05, 3.63) is 94.2 Å². The number of anilines is 1. The number of nitrogens with zero attached hydrogens (tertiary/aromatic N) is 3. The zero-order chi connectivity index (χ0) is 22.9. The SMILES string of the molecule is N/C(=N\S(=O)(=O)c1ccc(F)cc1)C1=NN(c2ccc(Cl)cc2Cl)C(c2ccccc2)C1. The molecule has 0 aliphatic carbocycles. The summed E-state index contributed by atoms with van der Waals surface area (Å²) in [6.45, 7) is 0.